The lowest BCUT2D eigenvalue weighted by molar-refractivity contribution is 0.00339. The molecule has 2 aliphatic rings. The number of nitrogens with zero attached hydrogens (tertiary/aromatic N) is 1. The van der Waals surface area contributed by atoms with E-state index in [0.717, 1.165) is 22.9 Å². The maximum Gasteiger partial charge on any atom is 0.116 e. The van der Waals surface area contributed by atoms with Gasteiger partial charge < -0.3 is 9.84 Å². The fraction of sp³-hybridized carbons (Fsp3) is 0.500. The largest absolute Gasteiger partial charge is 0.387 e. The Labute approximate surface area is 115 Å². The molecule has 0 aromatic heterocycles. The summed E-state index contributed by atoms with van der Waals surface area (Å²) in [6, 6.07) is 9.85. The Morgan fingerprint density at radius 3 is 2.89 bits per heavy atom. The number of fused-ring (bicyclic) bond motifs is 2. The average molecular weight is 308 g/mol. The van der Waals surface area contributed by atoms with Crippen molar-refractivity contribution in [1.29, 1.82) is 5.26 Å². The molecular weight excluding hydrogens is 294 g/mol. The van der Waals surface area contributed by atoms with E-state index in [-0.39, 0.29) is 12.2 Å². The summed E-state index contributed by atoms with van der Waals surface area (Å²) in [4.78, 5) is 0. The van der Waals surface area contributed by atoms with E-state index >= 15 is 0 Å². The summed E-state index contributed by atoms with van der Waals surface area (Å²) < 4.78 is 6.67. The number of aliphatic hydroxyl groups excluding tert-OH is 1. The highest BCUT2D eigenvalue weighted by atomic mass is 79.9. The van der Waals surface area contributed by atoms with E-state index in [1.54, 1.807) is 0 Å². The predicted molar refractivity (Wildman–Crippen MR) is 69.7 cm³/mol. The molecule has 2 heterocycles. The van der Waals surface area contributed by atoms with Crippen molar-refractivity contribution in [3.05, 3.63) is 34.3 Å². The van der Waals surface area contributed by atoms with Crippen LogP contribution in [0.5, 0.6) is 0 Å². The average Bonchev–Trinajstić information content (AvgIpc) is 2.98. The maximum absolute atomic E-state index is 10.6. The lowest BCUT2D eigenvalue weighted by Crippen LogP contribution is -2.37. The molecule has 0 aliphatic carbocycles. The van der Waals surface area contributed by atoms with Crippen LogP contribution in [0.1, 0.15) is 30.9 Å². The molecule has 1 aromatic rings. The monoisotopic (exact) mass is 307 g/mol. The molecule has 18 heavy (non-hydrogen) atoms. The van der Waals surface area contributed by atoms with Gasteiger partial charge in [-0.15, -0.1) is 0 Å². The zero-order chi connectivity index (χ0) is 12.8. The minimum absolute atomic E-state index is 0.124. The van der Waals surface area contributed by atoms with Crippen molar-refractivity contribution in [1.82, 2.24) is 0 Å². The van der Waals surface area contributed by atoms with Crippen LogP contribution in [0.2, 0.25) is 0 Å². The van der Waals surface area contributed by atoms with E-state index in [9.17, 15) is 10.4 Å². The quantitative estimate of drug-likeness (QED) is 0.914. The molecule has 4 heteroatoms. The topological polar surface area (TPSA) is 53.2 Å². The molecule has 0 spiro atoms. The van der Waals surface area contributed by atoms with E-state index in [2.05, 4.69) is 22.0 Å². The van der Waals surface area contributed by atoms with Gasteiger partial charge in [0, 0.05) is 4.47 Å². The first-order chi connectivity index (χ1) is 8.65. The molecule has 2 bridgehead atoms. The molecule has 0 radical (unpaired) electrons. The van der Waals surface area contributed by atoms with Gasteiger partial charge in [0.2, 0.25) is 0 Å². The third-order valence-electron chi connectivity index (χ3n) is 4.11. The van der Waals surface area contributed by atoms with Gasteiger partial charge in [-0.05, 0) is 37.0 Å². The molecule has 1 N–H and O–H groups in total. The minimum Gasteiger partial charge on any atom is -0.387 e. The summed E-state index contributed by atoms with van der Waals surface area (Å²) in [7, 11) is 0. The van der Waals surface area contributed by atoms with Gasteiger partial charge in [0.15, 0.2) is 0 Å². The normalized spacial score (nSPS) is 35.4. The van der Waals surface area contributed by atoms with Crippen LogP contribution in [0.25, 0.3) is 0 Å². The van der Waals surface area contributed by atoms with Crippen LogP contribution in [-0.4, -0.2) is 17.3 Å². The van der Waals surface area contributed by atoms with Crippen LogP contribution < -0.4 is 0 Å². The number of aliphatic hydroxyl groups is 1. The molecule has 0 amide bonds. The predicted octanol–water partition coefficient (Wildman–Crippen LogP) is 2.94. The molecule has 2 aliphatic heterocycles. The summed E-state index contributed by atoms with van der Waals surface area (Å²) in [5, 5.41) is 20.1. The Balaban J connectivity index is 1.96. The van der Waals surface area contributed by atoms with Gasteiger partial charge in [-0.1, -0.05) is 28.1 Å². The zero-order valence-corrected chi connectivity index (χ0v) is 11.4. The van der Waals surface area contributed by atoms with Crippen molar-refractivity contribution in [2.75, 3.05) is 0 Å². The number of nitriles is 1. The van der Waals surface area contributed by atoms with Gasteiger partial charge in [0.1, 0.15) is 11.5 Å². The molecule has 2 fully saturated rings. The van der Waals surface area contributed by atoms with E-state index in [1.165, 1.54) is 0 Å². The molecular formula is C14H14BrNO2. The van der Waals surface area contributed by atoms with E-state index < -0.39 is 11.5 Å². The number of benzene rings is 1. The second kappa shape index (κ2) is 4.34. The Morgan fingerprint density at radius 1 is 1.50 bits per heavy atom. The molecule has 3 nitrogen and oxygen atoms in total. The Kier molecular flexibility index (Phi) is 2.93. The van der Waals surface area contributed by atoms with Crippen LogP contribution >= 0.6 is 15.9 Å². The maximum atomic E-state index is 10.6. The summed E-state index contributed by atoms with van der Waals surface area (Å²) in [5.41, 5.74) is 0.00560. The highest BCUT2D eigenvalue weighted by Crippen LogP contribution is 2.53. The number of hydrogen-bond donors (Lipinski definition) is 1. The standard InChI is InChI=1S/C14H14BrNO2/c15-10-3-1-2-9(6-10)13(17)14(8-16)7-11-4-5-12(14)18-11/h1-3,6,11-13,17H,4-5,7H2. The van der Waals surface area contributed by atoms with Crippen molar-refractivity contribution in [2.45, 2.75) is 37.6 Å². The number of ether oxygens (including phenoxy) is 1. The first kappa shape index (κ1) is 12.2. The SMILES string of the molecule is N#CC1(C(O)c2cccc(Br)c2)CC2CCC1O2. The van der Waals surface area contributed by atoms with E-state index in [4.69, 9.17) is 4.74 Å². The third-order valence-corrected chi connectivity index (χ3v) is 4.60. The van der Waals surface area contributed by atoms with Crippen molar-refractivity contribution >= 4 is 15.9 Å². The second-order valence-electron chi connectivity index (χ2n) is 5.14. The van der Waals surface area contributed by atoms with Crippen molar-refractivity contribution < 1.29 is 9.84 Å². The van der Waals surface area contributed by atoms with Crippen LogP contribution in [0.4, 0.5) is 0 Å². The highest BCUT2D eigenvalue weighted by Gasteiger charge is 2.57. The number of hydrogen-bond acceptors (Lipinski definition) is 3. The summed E-state index contributed by atoms with van der Waals surface area (Å²) in [6.07, 6.45) is 1.78. The van der Waals surface area contributed by atoms with E-state index in [0.29, 0.717) is 6.42 Å². The Morgan fingerprint density at radius 2 is 2.33 bits per heavy atom. The molecule has 2 saturated heterocycles. The van der Waals surface area contributed by atoms with Crippen LogP contribution in [-0.2, 0) is 4.74 Å². The summed E-state index contributed by atoms with van der Waals surface area (Å²) in [5.74, 6) is 0. The fourth-order valence-electron chi connectivity index (χ4n) is 3.18. The molecule has 3 rings (SSSR count). The molecule has 94 valence electrons. The van der Waals surface area contributed by atoms with Crippen molar-refractivity contribution in [2.24, 2.45) is 5.41 Å². The van der Waals surface area contributed by atoms with Gasteiger partial charge in [0.25, 0.3) is 0 Å². The lowest BCUT2D eigenvalue weighted by atomic mass is 9.69. The second-order valence-corrected chi connectivity index (χ2v) is 6.05. The zero-order valence-electron chi connectivity index (χ0n) is 9.84. The Hall–Kier alpha value is -0.890. The minimum atomic E-state index is -0.782. The van der Waals surface area contributed by atoms with Gasteiger partial charge in [-0.2, -0.15) is 5.26 Å². The van der Waals surface area contributed by atoms with Gasteiger partial charge >= 0.3 is 0 Å². The fourth-order valence-corrected chi connectivity index (χ4v) is 3.60. The third kappa shape index (κ3) is 1.70. The van der Waals surface area contributed by atoms with Gasteiger partial charge in [-0.25, -0.2) is 0 Å². The smallest absolute Gasteiger partial charge is 0.116 e. The first-order valence-electron chi connectivity index (χ1n) is 6.16. The highest BCUT2D eigenvalue weighted by molar-refractivity contribution is 9.10. The Bertz CT molecular complexity index is 513. The molecule has 0 saturated carbocycles. The lowest BCUT2D eigenvalue weighted by Gasteiger charge is -2.33. The van der Waals surface area contributed by atoms with Crippen molar-refractivity contribution in [3.63, 3.8) is 0 Å². The molecule has 4 unspecified atom stereocenters. The van der Waals surface area contributed by atoms with Crippen LogP contribution in [0, 0.1) is 16.7 Å². The van der Waals surface area contributed by atoms with Gasteiger partial charge in [0.05, 0.1) is 18.3 Å². The summed E-state index contributed by atoms with van der Waals surface area (Å²) >= 11 is 3.39. The van der Waals surface area contributed by atoms with Crippen LogP contribution in [0.15, 0.2) is 28.7 Å². The summed E-state index contributed by atoms with van der Waals surface area (Å²) in [6.45, 7) is 0. The van der Waals surface area contributed by atoms with Crippen LogP contribution in [0.3, 0.4) is 0 Å². The van der Waals surface area contributed by atoms with Crippen molar-refractivity contribution in [3.8, 4) is 6.07 Å². The molecule has 1 aromatic carbocycles. The van der Waals surface area contributed by atoms with E-state index in [1.807, 2.05) is 24.3 Å². The number of rotatable bonds is 2. The number of halogens is 1. The first-order valence-corrected chi connectivity index (χ1v) is 6.95. The molecule has 4 atom stereocenters. The van der Waals surface area contributed by atoms with Gasteiger partial charge in [-0.3, -0.25) is 0 Å².